The molecule has 0 fully saturated rings. The predicted octanol–water partition coefficient (Wildman–Crippen LogP) is 3.71. The molecule has 0 nitrogen and oxygen atoms in total. The van der Waals surface area contributed by atoms with Gasteiger partial charge in [0, 0.05) is 22.2 Å². The van der Waals surface area contributed by atoms with E-state index in [0.717, 1.165) is 22.2 Å². The average molecular weight is 306 g/mol. The van der Waals surface area contributed by atoms with Crippen molar-refractivity contribution in [2.24, 2.45) is 0 Å². The summed E-state index contributed by atoms with van der Waals surface area (Å²) in [6.07, 6.45) is 0. The summed E-state index contributed by atoms with van der Waals surface area (Å²) in [6.45, 7) is 0. The summed E-state index contributed by atoms with van der Waals surface area (Å²) in [5, 5.41) is 6.44. The highest BCUT2D eigenvalue weighted by molar-refractivity contribution is 9.09. The standard InChI is InChI=1S/C6H10Br2S2/c7-1-3-9-5-6-10-4-2-8/h5-6H,1-4H2/b6-5+. The molecule has 0 aliphatic rings. The minimum atomic E-state index is 1.07. The van der Waals surface area contributed by atoms with Crippen LogP contribution in [0.1, 0.15) is 0 Å². The van der Waals surface area contributed by atoms with E-state index in [0.29, 0.717) is 0 Å². The van der Waals surface area contributed by atoms with Crippen molar-refractivity contribution in [1.29, 1.82) is 0 Å². The molecule has 0 N–H and O–H groups in total. The molecule has 0 aliphatic carbocycles. The molecule has 0 bridgehead atoms. The summed E-state index contributed by atoms with van der Waals surface area (Å²) in [7, 11) is 0. The molecule has 0 rings (SSSR count). The molecule has 0 spiro atoms. The SMILES string of the molecule is BrCCS/C=C/SCCBr. The van der Waals surface area contributed by atoms with Gasteiger partial charge >= 0.3 is 0 Å². The van der Waals surface area contributed by atoms with Crippen LogP contribution in [-0.2, 0) is 0 Å². The Labute approximate surface area is 87.9 Å². The molecule has 0 atom stereocenters. The monoisotopic (exact) mass is 304 g/mol. The third kappa shape index (κ3) is 9.40. The predicted molar refractivity (Wildman–Crippen MR) is 61.6 cm³/mol. The van der Waals surface area contributed by atoms with E-state index in [4.69, 9.17) is 0 Å². The van der Waals surface area contributed by atoms with Crippen molar-refractivity contribution in [2.75, 3.05) is 22.2 Å². The van der Waals surface area contributed by atoms with Crippen LogP contribution in [0, 0.1) is 0 Å². The van der Waals surface area contributed by atoms with Crippen molar-refractivity contribution >= 4 is 55.4 Å². The third-order valence-electron chi connectivity index (χ3n) is 0.638. The van der Waals surface area contributed by atoms with Gasteiger partial charge in [-0.2, -0.15) is 0 Å². The molecule has 4 heteroatoms. The molecule has 0 unspecified atom stereocenters. The highest BCUT2D eigenvalue weighted by atomic mass is 79.9. The van der Waals surface area contributed by atoms with Crippen LogP contribution >= 0.6 is 55.4 Å². The van der Waals surface area contributed by atoms with E-state index < -0.39 is 0 Å². The highest BCUT2D eigenvalue weighted by Crippen LogP contribution is 2.09. The van der Waals surface area contributed by atoms with E-state index in [-0.39, 0.29) is 0 Å². The molecule has 0 radical (unpaired) electrons. The van der Waals surface area contributed by atoms with Gasteiger partial charge in [-0.15, -0.1) is 23.5 Å². The minimum absolute atomic E-state index is 1.07. The van der Waals surface area contributed by atoms with Crippen LogP contribution in [-0.4, -0.2) is 22.2 Å². The molecule has 0 aromatic rings. The second-order valence-corrected chi connectivity index (χ2v) is 5.01. The number of rotatable bonds is 6. The lowest BCUT2D eigenvalue weighted by molar-refractivity contribution is 1.59. The largest absolute Gasteiger partial charge is 0.133 e. The van der Waals surface area contributed by atoms with Gasteiger partial charge in [-0.05, 0) is 10.8 Å². The highest BCUT2D eigenvalue weighted by Gasteiger charge is 1.80. The van der Waals surface area contributed by atoms with Crippen LogP contribution in [0.2, 0.25) is 0 Å². The Morgan fingerprint density at radius 1 is 0.900 bits per heavy atom. The van der Waals surface area contributed by atoms with E-state index >= 15 is 0 Å². The fraction of sp³-hybridized carbons (Fsp3) is 0.667. The third-order valence-corrected chi connectivity index (χ3v) is 4.19. The summed E-state index contributed by atoms with van der Waals surface area (Å²) >= 11 is 10.4. The van der Waals surface area contributed by atoms with Gasteiger partial charge in [0.25, 0.3) is 0 Å². The number of alkyl halides is 2. The first-order chi connectivity index (χ1) is 4.91. The van der Waals surface area contributed by atoms with Crippen LogP contribution in [0.3, 0.4) is 0 Å². The zero-order chi connectivity index (χ0) is 7.66. The first-order valence-electron chi connectivity index (χ1n) is 2.92. The van der Waals surface area contributed by atoms with E-state index in [1.807, 2.05) is 23.5 Å². The van der Waals surface area contributed by atoms with E-state index in [9.17, 15) is 0 Å². The molecule has 0 aromatic carbocycles. The Morgan fingerprint density at radius 2 is 1.30 bits per heavy atom. The molecular weight excluding hydrogens is 296 g/mol. The maximum atomic E-state index is 3.36. The van der Waals surface area contributed by atoms with Crippen LogP contribution in [0.15, 0.2) is 10.8 Å². The maximum absolute atomic E-state index is 3.36. The molecule has 0 saturated heterocycles. The number of hydrogen-bond donors (Lipinski definition) is 0. The fourth-order valence-electron chi connectivity index (χ4n) is 0.304. The maximum Gasteiger partial charge on any atom is 0.0126 e. The Balaban J connectivity index is 2.89. The van der Waals surface area contributed by atoms with Crippen LogP contribution < -0.4 is 0 Å². The van der Waals surface area contributed by atoms with Gasteiger partial charge in [-0.1, -0.05) is 31.9 Å². The van der Waals surface area contributed by atoms with Gasteiger partial charge in [0.2, 0.25) is 0 Å². The number of hydrogen-bond acceptors (Lipinski definition) is 2. The quantitative estimate of drug-likeness (QED) is 0.542. The minimum Gasteiger partial charge on any atom is -0.133 e. The molecular formula is C6H10Br2S2. The van der Waals surface area contributed by atoms with Gasteiger partial charge < -0.3 is 0 Å². The smallest absolute Gasteiger partial charge is 0.0126 e. The van der Waals surface area contributed by atoms with E-state index in [1.165, 1.54) is 0 Å². The second-order valence-electron chi connectivity index (χ2n) is 1.39. The Kier molecular flexibility index (Phi) is 11.9. The first kappa shape index (κ1) is 11.4. The summed E-state index contributed by atoms with van der Waals surface area (Å²) in [6, 6.07) is 0. The van der Waals surface area contributed by atoms with E-state index in [1.54, 1.807) is 0 Å². The van der Waals surface area contributed by atoms with Gasteiger partial charge in [-0.3, -0.25) is 0 Å². The molecule has 0 aliphatic heterocycles. The lowest BCUT2D eigenvalue weighted by atomic mass is 11.0. The normalized spacial score (nSPS) is 11.0. The van der Waals surface area contributed by atoms with Gasteiger partial charge in [0.1, 0.15) is 0 Å². The van der Waals surface area contributed by atoms with Crippen molar-refractivity contribution in [3.8, 4) is 0 Å². The zero-order valence-corrected chi connectivity index (χ0v) is 10.4. The summed E-state index contributed by atoms with van der Waals surface area (Å²) in [5.74, 6) is 2.32. The van der Waals surface area contributed by atoms with Gasteiger partial charge in [0.15, 0.2) is 0 Å². The zero-order valence-electron chi connectivity index (χ0n) is 5.56. The van der Waals surface area contributed by atoms with Crippen LogP contribution in [0.4, 0.5) is 0 Å². The average Bonchev–Trinajstić information content (AvgIpc) is 1.97. The van der Waals surface area contributed by atoms with Crippen molar-refractivity contribution in [3.05, 3.63) is 10.8 Å². The lowest BCUT2D eigenvalue weighted by Gasteiger charge is -1.88. The fourth-order valence-corrected chi connectivity index (χ4v) is 2.50. The molecule has 0 amide bonds. The first-order valence-corrected chi connectivity index (χ1v) is 7.26. The van der Waals surface area contributed by atoms with Crippen molar-refractivity contribution < 1.29 is 0 Å². The second kappa shape index (κ2) is 10.4. The van der Waals surface area contributed by atoms with E-state index in [2.05, 4.69) is 42.7 Å². The summed E-state index contributed by atoms with van der Waals surface area (Å²) < 4.78 is 0. The molecule has 10 heavy (non-hydrogen) atoms. The van der Waals surface area contributed by atoms with Crippen molar-refractivity contribution in [3.63, 3.8) is 0 Å². The molecule has 0 heterocycles. The Hall–Kier alpha value is 1.40. The van der Waals surface area contributed by atoms with Gasteiger partial charge in [0.05, 0.1) is 0 Å². The molecule has 60 valence electrons. The van der Waals surface area contributed by atoms with Crippen molar-refractivity contribution in [2.45, 2.75) is 0 Å². The summed E-state index contributed by atoms with van der Waals surface area (Å²) in [5.41, 5.74) is 0. The van der Waals surface area contributed by atoms with Crippen LogP contribution in [0.5, 0.6) is 0 Å². The van der Waals surface area contributed by atoms with Crippen molar-refractivity contribution in [1.82, 2.24) is 0 Å². The molecule has 0 aromatic heterocycles. The number of thioether (sulfide) groups is 2. The summed E-state index contributed by atoms with van der Waals surface area (Å²) in [4.78, 5) is 0. The van der Waals surface area contributed by atoms with Gasteiger partial charge in [-0.25, -0.2) is 0 Å². The topological polar surface area (TPSA) is 0 Å². The Morgan fingerprint density at radius 3 is 1.60 bits per heavy atom. The number of halogens is 2. The van der Waals surface area contributed by atoms with Crippen LogP contribution in [0.25, 0.3) is 0 Å². The Bertz CT molecular complexity index is 75.8. The lowest BCUT2D eigenvalue weighted by Crippen LogP contribution is -1.73. The molecule has 0 saturated carbocycles.